The van der Waals surface area contributed by atoms with Crippen LogP contribution in [-0.2, 0) is 10.0 Å². The maximum Gasteiger partial charge on any atom is 0.262 e. The van der Waals surface area contributed by atoms with Gasteiger partial charge in [-0.3, -0.25) is 4.72 Å². The summed E-state index contributed by atoms with van der Waals surface area (Å²) in [6.45, 7) is 7.44. The van der Waals surface area contributed by atoms with Crippen LogP contribution in [0.25, 0.3) is 11.3 Å². The third kappa shape index (κ3) is 3.58. The molecule has 0 atom stereocenters. The summed E-state index contributed by atoms with van der Waals surface area (Å²) < 4.78 is 33.7. The molecular formula is C19H20N2O3S. The highest BCUT2D eigenvalue weighted by atomic mass is 32.2. The van der Waals surface area contributed by atoms with Gasteiger partial charge in [0.25, 0.3) is 10.0 Å². The van der Waals surface area contributed by atoms with Crippen LogP contribution in [0, 0.1) is 27.7 Å². The van der Waals surface area contributed by atoms with E-state index in [4.69, 9.17) is 4.52 Å². The molecule has 0 aliphatic heterocycles. The summed E-state index contributed by atoms with van der Waals surface area (Å²) in [6, 6.07) is 12.6. The van der Waals surface area contributed by atoms with Crippen molar-refractivity contribution in [3.05, 3.63) is 64.8 Å². The van der Waals surface area contributed by atoms with Gasteiger partial charge in [-0.1, -0.05) is 35.0 Å². The Balaban J connectivity index is 2.01. The van der Waals surface area contributed by atoms with Crippen molar-refractivity contribution < 1.29 is 12.9 Å². The lowest BCUT2D eigenvalue weighted by atomic mass is 10.1. The number of rotatable bonds is 4. The van der Waals surface area contributed by atoms with Gasteiger partial charge in [0.15, 0.2) is 5.76 Å². The van der Waals surface area contributed by atoms with Gasteiger partial charge in [0.2, 0.25) is 0 Å². The van der Waals surface area contributed by atoms with Gasteiger partial charge >= 0.3 is 0 Å². The van der Waals surface area contributed by atoms with Crippen LogP contribution in [0.15, 0.2) is 51.9 Å². The van der Waals surface area contributed by atoms with E-state index in [1.165, 1.54) is 0 Å². The van der Waals surface area contributed by atoms with E-state index in [1.807, 2.05) is 39.0 Å². The fraction of sp³-hybridized carbons (Fsp3) is 0.211. The molecule has 0 saturated carbocycles. The van der Waals surface area contributed by atoms with Crippen LogP contribution in [0.1, 0.15) is 22.4 Å². The summed E-state index contributed by atoms with van der Waals surface area (Å²) in [5, 5.41) is 3.85. The van der Waals surface area contributed by atoms with Gasteiger partial charge in [-0.15, -0.1) is 0 Å². The molecule has 1 heterocycles. The van der Waals surface area contributed by atoms with Crippen molar-refractivity contribution in [2.75, 3.05) is 4.72 Å². The summed E-state index contributed by atoms with van der Waals surface area (Å²) in [5.74, 6) is 0.542. The lowest BCUT2D eigenvalue weighted by Gasteiger charge is -2.13. The lowest BCUT2D eigenvalue weighted by Crippen LogP contribution is -2.15. The highest BCUT2D eigenvalue weighted by Gasteiger charge is 2.19. The SMILES string of the molecule is Cc1ccc(NS(=O)(=O)c2cc(-c3cc(C)no3)ccc2C)c(C)c1. The Bertz CT molecular complexity index is 1040. The van der Waals surface area contributed by atoms with Crippen LogP contribution < -0.4 is 4.72 Å². The summed E-state index contributed by atoms with van der Waals surface area (Å²) in [7, 11) is -3.72. The zero-order chi connectivity index (χ0) is 18.2. The molecule has 0 bridgehead atoms. The summed E-state index contributed by atoms with van der Waals surface area (Å²) in [5.41, 5.74) is 4.62. The average Bonchev–Trinajstić information content (AvgIpc) is 2.97. The molecule has 130 valence electrons. The zero-order valence-corrected chi connectivity index (χ0v) is 15.4. The minimum absolute atomic E-state index is 0.221. The first-order valence-corrected chi connectivity index (χ1v) is 9.39. The molecule has 1 aromatic heterocycles. The van der Waals surface area contributed by atoms with Crippen molar-refractivity contribution >= 4 is 15.7 Å². The molecule has 0 aliphatic rings. The Morgan fingerprint density at radius 2 is 1.68 bits per heavy atom. The standard InChI is InChI=1S/C19H20N2O3S/c1-12-5-8-17(14(3)9-12)21-25(22,23)19-11-16(7-6-13(19)2)18-10-15(4)20-24-18/h5-11,21H,1-4H3. The zero-order valence-electron chi connectivity index (χ0n) is 14.6. The highest BCUT2D eigenvalue weighted by molar-refractivity contribution is 7.92. The van der Waals surface area contributed by atoms with E-state index < -0.39 is 10.0 Å². The Kier molecular flexibility index (Phi) is 4.39. The highest BCUT2D eigenvalue weighted by Crippen LogP contribution is 2.28. The molecule has 0 spiro atoms. The summed E-state index contributed by atoms with van der Waals surface area (Å²) in [4.78, 5) is 0.221. The van der Waals surface area contributed by atoms with E-state index in [0.717, 1.165) is 16.8 Å². The molecule has 5 nitrogen and oxygen atoms in total. The van der Waals surface area contributed by atoms with Gasteiger partial charge in [0.05, 0.1) is 16.3 Å². The second kappa shape index (κ2) is 6.37. The Morgan fingerprint density at radius 1 is 0.920 bits per heavy atom. The number of hydrogen-bond donors (Lipinski definition) is 1. The maximum absolute atomic E-state index is 12.9. The number of benzene rings is 2. The topological polar surface area (TPSA) is 72.2 Å². The first kappa shape index (κ1) is 17.2. The molecule has 2 aromatic carbocycles. The summed E-state index contributed by atoms with van der Waals surface area (Å²) >= 11 is 0. The van der Waals surface area contributed by atoms with Crippen LogP contribution in [0.5, 0.6) is 0 Å². The van der Waals surface area contributed by atoms with Crippen molar-refractivity contribution in [2.45, 2.75) is 32.6 Å². The molecular weight excluding hydrogens is 336 g/mol. The number of aryl methyl sites for hydroxylation is 4. The van der Waals surface area contributed by atoms with Crippen LogP contribution >= 0.6 is 0 Å². The van der Waals surface area contributed by atoms with Gasteiger partial charge in [-0.05, 0) is 51.0 Å². The molecule has 0 amide bonds. The van der Waals surface area contributed by atoms with E-state index in [1.54, 1.807) is 31.2 Å². The van der Waals surface area contributed by atoms with Crippen molar-refractivity contribution in [1.29, 1.82) is 0 Å². The van der Waals surface area contributed by atoms with E-state index in [-0.39, 0.29) is 4.90 Å². The predicted molar refractivity (Wildman–Crippen MR) is 98.1 cm³/mol. The number of hydrogen-bond acceptors (Lipinski definition) is 4. The maximum atomic E-state index is 12.9. The van der Waals surface area contributed by atoms with E-state index in [2.05, 4.69) is 9.88 Å². The third-order valence-electron chi connectivity index (χ3n) is 4.02. The Labute approximate surface area is 147 Å². The van der Waals surface area contributed by atoms with Crippen molar-refractivity contribution in [2.24, 2.45) is 0 Å². The average molecular weight is 356 g/mol. The third-order valence-corrected chi connectivity index (χ3v) is 5.52. The monoisotopic (exact) mass is 356 g/mol. The molecule has 1 N–H and O–H groups in total. The molecule has 3 aromatic rings. The van der Waals surface area contributed by atoms with Crippen LogP contribution in [0.4, 0.5) is 5.69 Å². The summed E-state index contributed by atoms with van der Waals surface area (Å²) in [6.07, 6.45) is 0. The largest absolute Gasteiger partial charge is 0.356 e. The van der Waals surface area contributed by atoms with Gasteiger partial charge in [-0.2, -0.15) is 0 Å². The minimum Gasteiger partial charge on any atom is -0.356 e. The van der Waals surface area contributed by atoms with E-state index in [0.29, 0.717) is 22.6 Å². The quantitative estimate of drug-likeness (QED) is 0.753. The minimum atomic E-state index is -3.72. The second-order valence-electron chi connectivity index (χ2n) is 6.24. The van der Waals surface area contributed by atoms with Crippen molar-refractivity contribution in [3.63, 3.8) is 0 Å². The molecule has 0 fully saturated rings. The van der Waals surface area contributed by atoms with E-state index in [9.17, 15) is 8.42 Å². The fourth-order valence-corrected chi connectivity index (χ4v) is 4.07. The molecule has 0 unspecified atom stereocenters. The molecule has 6 heteroatoms. The number of nitrogens with one attached hydrogen (secondary N) is 1. The number of aromatic nitrogens is 1. The number of anilines is 1. The van der Waals surface area contributed by atoms with Gasteiger partial charge in [0.1, 0.15) is 0 Å². The smallest absolute Gasteiger partial charge is 0.262 e. The van der Waals surface area contributed by atoms with Crippen LogP contribution in [0.2, 0.25) is 0 Å². The Hall–Kier alpha value is -2.60. The molecule has 0 aliphatic carbocycles. The Morgan fingerprint density at radius 3 is 2.32 bits per heavy atom. The molecule has 3 rings (SSSR count). The van der Waals surface area contributed by atoms with Gasteiger partial charge < -0.3 is 4.52 Å². The van der Waals surface area contributed by atoms with Crippen molar-refractivity contribution in [1.82, 2.24) is 5.16 Å². The molecule has 25 heavy (non-hydrogen) atoms. The predicted octanol–water partition coefficient (Wildman–Crippen LogP) is 4.38. The number of sulfonamides is 1. The van der Waals surface area contributed by atoms with Crippen molar-refractivity contribution in [3.8, 4) is 11.3 Å². The normalized spacial score (nSPS) is 11.5. The van der Waals surface area contributed by atoms with Crippen LogP contribution in [-0.4, -0.2) is 13.6 Å². The van der Waals surface area contributed by atoms with E-state index >= 15 is 0 Å². The number of nitrogens with zero attached hydrogens (tertiary/aromatic N) is 1. The fourth-order valence-electron chi connectivity index (χ4n) is 2.67. The second-order valence-corrected chi connectivity index (χ2v) is 7.89. The van der Waals surface area contributed by atoms with Gasteiger partial charge in [-0.25, -0.2) is 8.42 Å². The lowest BCUT2D eigenvalue weighted by molar-refractivity contribution is 0.427. The van der Waals surface area contributed by atoms with Crippen LogP contribution in [0.3, 0.4) is 0 Å². The van der Waals surface area contributed by atoms with Gasteiger partial charge in [0, 0.05) is 11.6 Å². The molecule has 0 saturated heterocycles. The first-order valence-electron chi connectivity index (χ1n) is 7.91. The first-order chi connectivity index (χ1) is 11.8. The molecule has 0 radical (unpaired) electrons.